The summed E-state index contributed by atoms with van der Waals surface area (Å²) in [6.45, 7) is 8.22. The number of hydrogen-bond acceptors (Lipinski definition) is 2. The number of rotatable bonds is 8. The molecule has 31 heavy (non-hydrogen) atoms. The monoisotopic (exact) mass is 430 g/mol. The first-order chi connectivity index (χ1) is 14.9. The molecule has 4 nitrogen and oxygen atoms in total. The van der Waals surface area contributed by atoms with Crippen LogP contribution in [0.2, 0.25) is 0 Å². The number of fused-ring (bicyclic) bond motifs is 5. The molecule has 4 aliphatic rings. The van der Waals surface area contributed by atoms with Gasteiger partial charge in [-0.15, -0.1) is 0 Å². The van der Waals surface area contributed by atoms with Crippen LogP contribution in [0.4, 0.5) is 0 Å². The van der Waals surface area contributed by atoms with Crippen LogP contribution >= 0.6 is 0 Å². The van der Waals surface area contributed by atoms with E-state index in [4.69, 9.17) is 0 Å². The fraction of sp³-hybridized carbons (Fsp3) is 0.926. The van der Waals surface area contributed by atoms with E-state index in [-0.39, 0.29) is 10.8 Å². The molecule has 1 saturated heterocycles. The molecule has 0 radical (unpaired) electrons. The maximum Gasteiger partial charge on any atom is 0.222 e. The molecule has 0 unspecified atom stereocenters. The van der Waals surface area contributed by atoms with Crippen molar-refractivity contribution in [3.8, 4) is 0 Å². The highest BCUT2D eigenvalue weighted by molar-refractivity contribution is 5.77. The quantitative estimate of drug-likeness (QED) is 0.369. The normalized spacial score (nSPS) is 42.0. The molecule has 0 aromatic heterocycles. The van der Waals surface area contributed by atoms with E-state index in [1.807, 2.05) is 7.05 Å². The lowest BCUT2D eigenvalue weighted by Gasteiger charge is -2.62. The lowest BCUT2D eigenvalue weighted by atomic mass is 9.47. The molecule has 0 spiro atoms. The van der Waals surface area contributed by atoms with Crippen LogP contribution in [-0.4, -0.2) is 47.8 Å². The van der Waals surface area contributed by atoms with Crippen molar-refractivity contribution in [3.63, 3.8) is 0 Å². The molecular weight excluding hydrogens is 384 g/mol. The molecule has 1 aliphatic heterocycles. The first-order valence-corrected chi connectivity index (χ1v) is 13.3. The lowest BCUT2D eigenvalue weighted by molar-refractivity contribution is -0.159. The molecule has 0 N–H and O–H groups in total. The lowest BCUT2D eigenvalue weighted by Crippen LogP contribution is -2.62. The number of carbonyl (C=O) groups is 2. The first-order valence-electron chi connectivity index (χ1n) is 13.3. The second-order valence-corrected chi connectivity index (χ2v) is 11.9. The van der Waals surface area contributed by atoms with Gasteiger partial charge >= 0.3 is 0 Å². The number of piperidine rings is 1. The second-order valence-electron chi connectivity index (χ2n) is 11.9. The predicted octanol–water partition coefficient (Wildman–Crippen LogP) is 5.65. The highest BCUT2D eigenvalue weighted by atomic mass is 16.2. The van der Waals surface area contributed by atoms with Crippen molar-refractivity contribution in [1.29, 1.82) is 0 Å². The zero-order valence-electron chi connectivity index (χ0n) is 20.6. The summed E-state index contributed by atoms with van der Waals surface area (Å²) in [6.07, 6.45) is 16.7. The molecule has 1 heterocycles. The summed E-state index contributed by atoms with van der Waals surface area (Å²) >= 11 is 0. The van der Waals surface area contributed by atoms with Gasteiger partial charge in [0.05, 0.1) is 0 Å². The van der Waals surface area contributed by atoms with Crippen LogP contribution in [0.25, 0.3) is 0 Å². The van der Waals surface area contributed by atoms with Gasteiger partial charge in [-0.2, -0.15) is 0 Å². The Morgan fingerprint density at radius 2 is 1.71 bits per heavy atom. The third kappa shape index (κ3) is 3.84. The van der Waals surface area contributed by atoms with E-state index in [1.165, 1.54) is 70.6 Å². The number of amides is 2. The van der Waals surface area contributed by atoms with Gasteiger partial charge in [-0.3, -0.25) is 9.59 Å². The Bertz CT molecular complexity index is 666. The van der Waals surface area contributed by atoms with Crippen LogP contribution in [0.1, 0.15) is 104 Å². The molecule has 3 aliphatic carbocycles. The van der Waals surface area contributed by atoms with Crippen molar-refractivity contribution in [2.24, 2.45) is 28.6 Å². The van der Waals surface area contributed by atoms with Crippen LogP contribution in [-0.2, 0) is 9.59 Å². The maximum atomic E-state index is 12.4. The molecule has 0 aromatic carbocycles. The Balaban J connectivity index is 1.46. The van der Waals surface area contributed by atoms with Crippen molar-refractivity contribution < 1.29 is 9.59 Å². The number of hydrogen-bond donors (Lipinski definition) is 0. The number of unbranched alkanes of at least 4 members (excludes halogenated alkanes) is 4. The van der Waals surface area contributed by atoms with Gasteiger partial charge in [0.15, 0.2) is 0 Å². The van der Waals surface area contributed by atoms with Gasteiger partial charge in [0.2, 0.25) is 12.3 Å². The van der Waals surface area contributed by atoms with E-state index < -0.39 is 0 Å². The minimum Gasteiger partial charge on any atom is -0.342 e. The Hall–Kier alpha value is -1.06. The minimum absolute atomic E-state index is 0.283. The van der Waals surface area contributed by atoms with E-state index in [0.717, 1.165) is 43.6 Å². The summed E-state index contributed by atoms with van der Waals surface area (Å²) in [7, 11) is 2.05. The fourth-order valence-corrected chi connectivity index (χ4v) is 8.85. The topological polar surface area (TPSA) is 40.6 Å². The van der Waals surface area contributed by atoms with Crippen molar-refractivity contribution in [1.82, 2.24) is 9.80 Å². The number of nitrogens with zero attached hydrogens (tertiary/aromatic N) is 2. The van der Waals surface area contributed by atoms with Crippen LogP contribution in [0.3, 0.4) is 0 Å². The predicted molar refractivity (Wildman–Crippen MR) is 125 cm³/mol. The summed E-state index contributed by atoms with van der Waals surface area (Å²) in [5, 5.41) is 0. The molecule has 7 atom stereocenters. The maximum absolute atomic E-state index is 12.4. The van der Waals surface area contributed by atoms with Gasteiger partial charge < -0.3 is 9.80 Å². The summed E-state index contributed by atoms with van der Waals surface area (Å²) in [5.41, 5.74) is 0.569. The van der Waals surface area contributed by atoms with Gasteiger partial charge in [0.25, 0.3) is 0 Å². The van der Waals surface area contributed by atoms with E-state index in [1.54, 1.807) is 0 Å². The molecule has 4 fully saturated rings. The van der Waals surface area contributed by atoms with E-state index in [2.05, 4.69) is 30.6 Å². The smallest absolute Gasteiger partial charge is 0.222 e. The Morgan fingerprint density at radius 1 is 0.968 bits per heavy atom. The van der Waals surface area contributed by atoms with Gasteiger partial charge in [0, 0.05) is 32.1 Å². The Labute approximate surface area is 190 Å². The standard InChI is InChI=1S/C27H46N2O2/c1-5-6-7-8-9-18-29(19-30)24-13-11-21-20-10-12-23-26(2,17-15-25(31)28(23)4)22(20)14-16-27(21,24)3/h19-24H,5-18H2,1-4H3/t20-,21-,22-,23+,24-,26+,27-/m0/s1. The summed E-state index contributed by atoms with van der Waals surface area (Å²) in [4.78, 5) is 28.8. The molecule has 4 rings (SSSR count). The van der Waals surface area contributed by atoms with Crippen LogP contribution in [0.5, 0.6) is 0 Å². The van der Waals surface area contributed by atoms with Crippen molar-refractivity contribution in [3.05, 3.63) is 0 Å². The summed E-state index contributed by atoms with van der Waals surface area (Å²) in [6, 6.07) is 0.870. The third-order valence-electron chi connectivity index (χ3n) is 10.6. The Kier molecular flexibility index (Phi) is 6.75. The van der Waals surface area contributed by atoms with Crippen LogP contribution in [0.15, 0.2) is 0 Å². The van der Waals surface area contributed by atoms with Gasteiger partial charge in [-0.25, -0.2) is 0 Å². The molecule has 2 amide bonds. The van der Waals surface area contributed by atoms with Gasteiger partial charge in [-0.05, 0) is 80.0 Å². The average molecular weight is 431 g/mol. The SMILES string of the molecule is CCCCCCCN(C=O)[C@H]1CC[C@H]2[C@@H]3CC[C@H]4N(C)C(=O)CC[C@]4(C)[C@H]3CC[C@]12C. The van der Waals surface area contributed by atoms with Crippen molar-refractivity contribution >= 4 is 12.3 Å². The summed E-state index contributed by atoms with van der Waals surface area (Å²) in [5.74, 6) is 2.63. The highest BCUT2D eigenvalue weighted by Crippen LogP contribution is 2.65. The number of likely N-dealkylation sites (tertiary alicyclic amines) is 1. The molecule has 3 saturated carbocycles. The van der Waals surface area contributed by atoms with Crippen LogP contribution < -0.4 is 0 Å². The average Bonchev–Trinajstić information content (AvgIpc) is 3.11. The number of carbonyl (C=O) groups excluding carboxylic acids is 2. The molecule has 0 bridgehead atoms. The van der Waals surface area contributed by atoms with Crippen molar-refractivity contribution in [2.45, 2.75) is 116 Å². The van der Waals surface area contributed by atoms with E-state index in [0.29, 0.717) is 18.0 Å². The second kappa shape index (κ2) is 9.06. The first kappa shape index (κ1) is 23.1. The van der Waals surface area contributed by atoms with E-state index in [9.17, 15) is 9.59 Å². The molecule has 0 aromatic rings. The zero-order chi connectivity index (χ0) is 22.2. The largest absolute Gasteiger partial charge is 0.342 e. The molecule has 4 heteroatoms. The zero-order valence-corrected chi connectivity index (χ0v) is 20.6. The van der Waals surface area contributed by atoms with Gasteiger partial charge in [0.1, 0.15) is 0 Å². The van der Waals surface area contributed by atoms with E-state index >= 15 is 0 Å². The Morgan fingerprint density at radius 3 is 2.45 bits per heavy atom. The molecule has 176 valence electrons. The van der Waals surface area contributed by atoms with Crippen LogP contribution in [0, 0.1) is 28.6 Å². The summed E-state index contributed by atoms with van der Waals surface area (Å²) < 4.78 is 0. The third-order valence-corrected chi connectivity index (χ3v) is 10.6. The fourth-order valence-electron chi connectivity index (χ4n) is 8.85. The highest BCUT2D eigenvalue weighted by Gasteiger charge is 2.61. The van der Waals surface area contributed by atoms with Gasteiger partial charge in [-0.1, -0.05) is 46.5 Å². The minimum atomic E-state index is 0.283. The van der Waals surface area contributed by atoms with Crippen molar-refractivity contribution in [2.75, 3.05) is 13.6 Å². The molecular formula is C27H46N2O2.